The molecule has 25 heavy (non-hydrogen) atoms. The lowest BCUT2D eigenvalue weighted by Gasteiger charge is -2.01. The molecule has 3 nitrogen and oxygen atoms in total. The molecule has 0 radical (unpaired) electrons. The zero-order chi connectivity index (χ0) is 17.8. The van der Waals surface area contributed by atoms with Crippen LogP contribution in [0.25, 0.3) is 17.4 Å². The predicted molar refractivity (Wildman–Crippen MR) is 101 cm³/mol. The van der Waals surface area contributed by atoms with E-state index in [1.807, 2.05) is 0 Å². The van der Waals surface area contributed by atoms with Gasteiger partial charge in [0.1, 0.15) is 17.3 Å². The summed E-state index contributed by atoms with van der Waals surface area (Å²) in [5.41, 5.74) is 1.32. The van der Waals surface area contributed by atoms with Crippen LogP contribution >= 0.6 is 23.2 Å². The van der Waals surface area contributed by atoms with E-state index in [1.54, 1.807) is 67.8 Å². The summed E-state index contributed by atoms with van der Waals surface area (Å²) in [6, 6.07) is 15.7. The first-order valence-electron chi connectivity index (χ1n) is 7.48. The van der Waals surface area contributed by atoms with E-state index >= 15 is 0 Å². The number of methoxy groups -OCH3 is 1. The average Bonchev–Trinajstić information content (AvgIpc) is 3.08. The topological polar surface area (TPSA) is 39.4 Å². The molecule has 126 valence electrons. The molecular formula is C20H14Cl2O3. The summed E-state index contributed by atoms with van der Waals surface area (Å²) < 4.78 is 10.8. The summed E-state index contributed by atoms with van der Waals surface area (Å²) in [7, 11) is 1.58. The van der Waals surface area contributed by atoms with Crippen molar-refractivity contribution in [2.45, 2.75) is 0 Å². The first-order chi connectivity index (χ1) is 12.1. The van der Waals surface area contributed by atoms with E-state index in [0.29, 0.717) is 32.9 Å². The third-order valence-corrected chi connectivity index (χ3v) is 4.14. The number of ether oxygens (including phenoxy) is 1. The minimum absolute atomic E-state index is 0.120. The van der Waals surface area contributed by atoms with Crippen molar-refractivity contribution in [2.24, 2.45) is 0 Å². The van der Waals surface area contributed by atoms with Gasteiger partial charge in [0.15, 0.2) is 5.78 Å². The van der Waals surface area contributed by atoms with E-state index in [0.717, 1.165) is 5.56 Å². The predicted octanol–water partition coefficient (Wildman–Crippen LogP) is 6.16. The number of hydrogen-bond donors (Lipinski definition) is 0. The molecule has 0 spiro atoms. The number of rotatable bonds is 5. The van der Waals surface area contributed by atoms with E-state index in [2.05, 4.69) is 0 Å². The zero-order valence-corrected chi connectivity index (χ0v) is 14.8. The molecule has 0 N–H and O–H groups in total. The molecule has 0 saturated carbocycles. The van der Waals surface area contributed by atoms with Gasteiger partial charge in [0, 0.05) is 16.1 Å². The van der Waals surface area contributed by atoms with E-state index in [9.17, 15) is 4.79 Å². The summed E-state index contributed by atoms with van der Waals surface area (Å²) in [5, 5.41) is 1.07. The van der Waals surface area contributed by atoms with Crippen molar-refractivity contribution in [3.05, 3.63) is 82.0 Å². The lowest BCUT2D eigenvalue weighted by atomic mass is 10.1. The maximum Gasteiger partial charge on any atom is 0.185 e. The molecule has 0 fully saturated rings. The maximum absolute atomic E-state index is 12.2. The molecule has 0 saturated heterocycles. The Morgan fingerprint density at radius 2 is 1.80 bits per heavy atom. The maximum atomic E-state index is 12.2. The van der Waals surface area contributed by atoms with Gasteiger partial charge in [0.05, 0.1) is 12.1 Å². The van der Waals surface area contributed by atoms with Gasteiger partial charge >= 0.3 is 0 Å². The van der Waals surface area contributed by atoms with Crippen LogP contribution in [0.3, 0.4) is 0 Å². The number of furan rings is 1. The van der Waals surface area contributed by atoms with Crippen molar-refractivity contribution in [1.82, 2.24) is 0 Å². The lowest BCUT2D eigenvalue weighted by Crippen LogP contribution is -1.93. The van der Waals surface area contributed by atoms with Gasteiger partial charge in [-0.05, 0) is 66.7 Å². The van der Waals surface area contributed by atoms with Crippen molar-refractivity contribution in [1.29, 1.82) is 0 Å². The molecule has 5 heteroatoms. The molecule has 0 aliphatic carbocycles. The molecular weight excluding hydrogens is 359 g/mol. The number of benzene rings is 2. The van der Waals surface area contributed by atoms with Gasteiger partial charge in [-0.2, -0.15) is 0 Å². The summed E-state index contributed by atoms with van der Waals surface area (Å²) in [5.74, 6) is 1.75. The van der Waals surface area contributed by atoms with Gasteiger partial charge in [0.25, 0.3) is 0 Å². The molecule has 3 rings (SSSR count). The smallest absolute Gasteiger partial charge is 0.185 e. The Bertz CT molecular complexity index is 924. The van der Waals surface area contributed by atoms with Crippen LogP contribution in [-0.2, 0) is 0 Å². The first-order valence-corrected chi connectivity index (χ1v) is 8.24. The van der Waals surface area contributed by atoms with Gasteiger partial charge in [-0.25, -0.2) is 0 Å². The Kier molecular flexibility index (Phi) is 5.27. The van der Waals surface area contributed by atoms with Crippen molar-refractivity contribution >= 4 is 35.1 Å². The number of halogens is 2. The molecule has 2 aromatic carbocycles. The number of carbonyl (C=O) groups is 1. The van der Waals surface area contributed by atoms with Crippen molar-refractivity contribution in [3.8, 4) is 17.1 Å². The molecule has 0 atom stereocenters. The Morgan fingerprint density at radius 3 is 2.48 bits per heavy atom. The van der Waals surface area contributed by atoms with Crippen LogP contribution in [-0.4, -0.2) is 12.9 Å². The zero-order valence-electron chi connectivity index (χ0n) is 13.3. The summed E-state index contributed by atoms with van der Waals surface area (Å²) in [4.78, 5) is 12.2. The largest absolute Gasteiger partial charge is 0.497 e. The van der Waals surface area contributed by atoms with Crippen LogP contribution in [0.4, 0.5) is 0 Å². The van der Waals surface area contributed by atoms with Crippen LogP contribution < -0.4 is 4.74 Å². The normalized spacial score (nSPS) is 11.0. The van der Waals surface area contributed by atoms with Gasteiger partial charge in [-0.3, -0.25) is 4.79 Å². The number of allylic oxidation sites excluding steroid dienone is 1. The van der Waals surface area contributed by atoms with E-state index in [4.69, 9.17) is 32.4 Å². The van der Waals surface area contributed by atoms with Crippen molar-refractivity contribution in [2.75, 3.05) is 7.11 Å². The van der Waals surface area contributed by atoms with Crippen LogP contribution in [0.5, 0.6) is 5.75 Å². The Morgan fingerprint density at radius 1 is 1.04 bits per heavy atom. The van der Waals surface area contributed by atoms with Crippen LogP contribution in [0.2, 0.25) is 10.0 Å². The van der Waals surface area contributed by atoms with E-state index in [-0.39, 0.29) is 5.78 Å². The second-order valence-electron chi connectivity index (χ2n) is 5.25. The molecule has 1 aromatic heterocycles. The molecule has 0 aliphatic rings. The third-order valence-electron chi connectivity index (χ3n) is 3.60. The molecule has 3 aromatic rings. The first kappa shape index (κ1) is 17.3. The molecule has 0 bridgehead atoms. The number of carbonyl (C=O) groups excluding carboxylic acids is 1. The average molecular weight is 373 g/mol. The van der Waals surface area contributed by atoms with Crippen LogP contribution in [0.1, 0.15) is 16.1 Å². The van der Waals surface area contributed by atoms with Gasteiger partial charge in [-0.15, -0.1) is 0 Å². The highest BCUT2D eigenvalue weighted by molar-refractivity contribution is 6.36. The van der Waals surface area contributed by atoms with Crippen LogP contribution in [0, 0.1) is 0 Å². The second kappa shape index (κ2) is 7.60. The highest BCUT2D eigenvalue weighted by Crippen LogP contribution is 2.31. The van der Waals surface area contributed by atoms with Gasteiger partial charge in [-0.1, -0.05) is 23.2 Å². The quantitative estimate of drug-likeness (QED) is 0.397. The fraction of sp³-hybridized carbons (Fsp3) is 0.0500. The third kappa shape index (κ3) is 4.13. The highest BCUT2D eigenvalue weighted by Gasteiger charge is 2.09. The van der Waals surface area contributed by atoms with E-state index in [1.165, 1.54) is 6.08 Å². The Labute approximate surface area is 155 Å². The number of ketones is 1. The Hall–Kier alpha value is -2.49. The minimum atomic E-state index is -0.120. The highest BCUT2D eigenvalue weighted by atomic mass is 35.5. The van der Waals surface area contributed by atoms with E-state index < -0.39 is 0 Å². The lowest BCUT2D eigenvalue weighted by molar-refractivity contribution is 0.104. The second-order valence-corrected chi connectivity index (χ2v) is 6.10. The standard InChI is InChI=1S/C20H14Cl2O3/c1-24-15-5-2-13(3-6-15)19(23)10-7-16-8-11-20(25-16)17-9-4-14(21)12-18(17)22/h2-12H,1H3. The molecule has 0 amide bonds. The Balaban J connectivity index is 1.76. The van der Waals surface area contributed by atoms with Crippen LogP contribution in [0.15, 0.2) is 65.1 Å². The fourth-order valence-electron chi connectivity index (χ4n) is 2.29. The minimum Gasteiger partial charge on any atom is -0.497 e. The summed E-state index contributed by atoms with van der Waals surface area (Å²) >= 11 is 12.1. The van der Waals surface area contributed by atoms with Gasteiger partial charge in [0.2, 0.25) is 0 Å². The number of hydrogen-bond acceptors (Lipinski definition) is 3. The summed E-state index contributed by atoms with van der Waals surface area (Å²) in [6.45, 7) is 0. The van der Waals surface area contributed by atoms with Gasteiger partial charge < -0.3 is 9.15 Å². The molecule has 0 aliphatic heterocycles. The molecule has 1 heterocycles. The van der Waals surface area contributed by atoms with Crippen molar-refractivity contribution in [3.63, 3.8) is 0 Å². The fourth-order valence-corrected chi connectivity index (χ4v) is 2.79. The van der Waals surface area contributed by atoms with Crippen molar-refractivity contribution < 1.29 is 13.9 Å². The summed E-state index contributed by atoms with van der Waals surface area (Å²) in [6.07, 6.45) is 3.09. The monoisotopic (exact) mass is 372 g/mol. The molecule has 0 unspecified atom stereocenters. The SMILES string of the molecule is COc1ccc(C(=O)C=Cc2ccc(-c3ccc(Cl)cc3Cl)o2)cc1.